The van der Waals surface area contributed by atoms with Crippen LogP contribution in [0.25, 0.3) is 0 Å². The Labute approximate surface area is 71.8 Å². The monoisotopic (exact) mass is 163 g/mol. The molecule has 0 amide bonds. The number of aromatic carboxylic acids is 1. The minimum Gasteiger partial charge on any atom is -0.478 e. The molecule has 0 aliphatic carbocycles. The van der Waals surface area contributed by atoms with E-state index in [9.17, 15) is 4.79 Å². The van der Waals surface area contributed by atoms with E-state index < -0.39 is 5.97 Å². The maximum absolute atomic E-state index is 10.5. The van der Waals surface area contributed by atoms with Gasteiger partial charge in [-0.25, -0.2) is 4.79 Å². The SMILES string of the molecule is CCCc1cc[c]c(C(=O)O)c1. The first-order chi connectivity index (χ1) is 5.74. The normalized spacial score (nSPS) is 9.75. The molecule has 0 saturated carbocycles. The van der Waals surface area contributed by atoms with Crippen molar-refractivity contribution in [2.24, 2.45) is 0 Å². The number of hydrogen-bond donors (Lipinski definition) is 1. The van der Waals surface area contributed by atoms with Gasteiger partial charge in [-0.15, -0.1) is 0 Å². The fourth-order valence-corrected chi connectivity index (χ4v) is 1.08. The van der Waals surface area contributed by atoms with E-state index in [0.717, 1.165) is 18.4 Å². The molecule has 0 bridgehead atoms. The van der Waals surface area contributed by atoms with Crippen LogP contribution in [0, 0.1) is 6.07 Å². The number of carbonyl (C=O) groups is 1. The van der Waals surface area contributed by atoms with Gasteiger partial charge in [-0.05, 0) is 24.1 Å². The van der Waals surface area contributed by atoms with Crippen molar-refractivity contribution < 1.29 is 9.90 Å². The van der Waals surface area contributed by atoms with E-state index in [1.54, 1.807) is 12.1 Å². The van der Waals surface area contributed by atoms with Crippen LogP contribution in [0.15, 0.2) is 18.2 Å². The van der Waals surface area contributed by atoms with Crippen molar-refractivity contribution in [1.29, 1.82) is 0 Å². The standard InChI is InChI=1S/C10H11O2/c1-2-4-8-5-3-6-9(7-8)10(11)12/h3,5,7H,2,4H2,1H3,(H,11,12). The molecule has 0 aliphatic rings. The van der Waals surface area contributed by atoms with Crippen molar-refractivity contribution in [2.75, 3.05) is 0 Å². The van der Waals surface area contributed by atoms with Crippen molar-refractivity contribution in [1.82, 2.24) is 0 Å². The molecule has 1 N–H and O–H groups in total. The molecule has 12 heavy (non-hydrogen) atoms. The van der Waals surface area contributed by atoms with Gasteiger partial charge in [0.25, 0.3) is 0 Å². The summed E-state index contributed by atoms with van der Waals surface area (Å²) in [6, 6.07) is 7.90. The van der Waals surface area contributed by atoms with Crippen LogP contribution in [0.3, 0.4) is 0 Å². The zero-order valence-corrected chi connectivity index (χ0v) is 7.00. The Morgan fingerprint density at radius 3 is 3.00 bits per heavy atom. The van der Waals surface area contributed by atoms with Crippen molar-refractivity contribution in [2.45, 2.75) is 19.8 Å². The molecule has 0 aliphatic heterocycles. The van der Waals surface area contributed by atoms with E-state index in [1.807, 2.05) is 6.07 Å². The van der Waals surface area contributed by atoms with Crippen LogP contribution >= 0.6 is 0 Å². The Balaban J connectivity index is 2.88. The summed E-state index contributed by atoms with van der Waals surface area (Å²) in [5.74, 6) is -0.909. The van der Waals surface area contributed by atoms with Gasteiger partial charge in [0.15, 0.2) is 0 Å². The van der Waals surface area contributed by atoms with Gasteiger partial charge in [-0.1, -0.05) is 25.5 Å². The molecule has 1 aromatic rings. The van der Waals surface area contributed by atoms with Gasteiger partial charge in [0.1, 0.15) is 0 Å². The molecule has 2 nitrogen and oxygen atoms in total. The Morgan fingerprint density at radius 1 is 1.67 bits per heavy atom. The predicted octanol–water partition coefficient (Wildman–Crippen LogP) is 2.14. The van der Waals surface area contributed by atoms with Crippen molar-refractivity contribution >= 4 is 5.97 Å². The summed E-state index contributed by atoms with van der Waals surface area (Å²) in [4.78, 5) is 10.5. The van der Waals surface area contributed by atoms with Gasteiger partial charge in [-0.3, -0.25) is 0 Å². The zero-order chi connectivity index (χ0) is 8.97. The van der Waals surface area contributed by atoms with E-state index >= 15 is 0 Å². The van der Waals surface area contributed by atoms with E-state index in [2.05, 4.69) is 13.0 Å². The first-order valence-electron chi connectivity index (χ1n) is 3.98. The summed E-state index contributed by atoms with van der Waals surface area (Å²) < 4.78 is 0. The lowest BCUT2D eigenvalue weighted by molar-refractivity contribution is 0.0696. The van der Waals surface area contributed by atoms with Crippen LogP contribution in [0.4, 0.5) is 0 Å². The molecule has 0 aromatic heterocycles. The first-order valence-corrected chi connectivity index (χ1v) is 3.98. The van der Waals surface area contributed by atoms with Crippen LogP contribution in [0.5, 0.6) is 0 Å². The molecule has 0 unspecified atom stereocenters. The number of hydrogen-bond acceptors (Lipinski definition) is 1. The smallest absolute Gasteiger partial charge is 0.336 e. The van der Waals surface area contributed by atoms with Crippen LogP contribution in [-0.2, 0) is 6.42 Å². The Morgan fingerprint density at radius 2 is 2.42 bits per heavy atom. The topological polar surface area (TPSA) is 37.3 Å². The number of benzene rings is 1. The highest BCUT2D eigenvalue weighted by atomic mass is 16.4. The second-order valence-corrected chi connectivity index (χ2v) is 2.67. The molecule has 63 valence electrons. The average molecular weight is 163 g/mol. The molecule has 0 saturated heterocycles. The van der Waals surface area contributed by atoms with E-state index in [0.29, 0.717) is 0 Å². The maximum atomic E-state index is 10.5. The van der Waals surface area contributed by atoms with Crippen LogP contribution in [0.1, 0.15) is 29.3 Å². The zero-order valence-electron chi connectivity index (χ0n) is 7.00. The fraction of sp³-hybridized carbons (Fsp3) is 0.300. The minimum absolute atomic E-state index is 0.251. The number of carboxylic acid groups (broad SMARTS) is 1. The van der Waals surface area contributed by atoms with Gasteiger partial charge in [0, 0.05) is 0 Å². The third-order valence-corrected chi connectivity index (χ3v) is 1.64. The van der Waals surface area contributed by atoms with E-state index in [1.165, 1.54) is 0 Å². The second kappa shape index (κ2) is 3.90. The molecule has 0 spiro atoms. The summed E-state index contributed by atoms with van der Waals surface area (Å²) in [6.07, 6.45) is 1.96. The highest BCUT2D eigenvalue weighted by Gasteiger charge is 2.02. The average Bonchev–Trinajstić information content (AvgIpc) is 2.05. The fourth-order valence-electron chi connectivity index (χ4n) is 1.08. The van der Waals surface area contributed by atoms with Gasteiger partial charge >= 0.3 is 5.97 Å². The highest BCUT2D eigenvalue weighted by Crippen LogP contribution is 2.06. The largest absolute Gasteiger partial charge is 0.478 e. The quantitative estimate of drug-likeness (QED) is 0.741. The summed E-state index contributed by atoms with van der Waals surface area (Å²) in [5, 5.41) is 8.65. The lowest BCUT2D eigenvalue weighted by Gasteiger charge is -1.98. The highest BCUT2D eigenvalue weighted by molar-refractivity contribution is 5.87. The predicted molar refractivity (Wildman–Crippen MR) is 46.2 cm³/mol. The number of rotatable bonds is 3. The Kier molecular flexibility index (Phi) is 2.86. The van der Waals surface area contributed by atoms with E-state index in [4.69, 9.17) is 5.11 Å². The third kappa shape index (κ3) is 2.09. The molecule has 1 rings (SSSR count). The van der Waals surface area contributed by atoms with Gasteiger partial charge in [0.05, 0.1) is 5.56 Å². The summed E-state index contributed by atoms with van der Waals surface area (Å²) >= 11 is 0. The molecule has 0 heterocycles. The van der Waals surface area contributed by atoms with Crippen molar-refractivity contribution in [3.63, 3.8) is 0 Å². The molecule has 0 atom stereocenters. The van der Waals surface area contributed by atoms with Gasteiger partial charge < -0.3 is 5.11 Å². The third-order valence-electron chi connectivity index (χ3n) is 1.64. The lowest BCUT2D eigenvalue weighted by atomic mass is 10.1. The molecular formula is C10H11O2. The summed E-state index contributed by atoms with van der Waals surface area (Å²) in [7, 11) is 0. The van der Waals surface area contributed by atoms with Crippen LogP contribution < -0.4 is 0 Å². The summed E-state index contributed by atoms with van der Waals surface area (Å²) in [5.41, 5.74) is 1.31. The minimum atomic E-state index is -0.909. The van der Waals surface area contributed by atoms with E-state index in [-0.39, 0.29) is 5.56 Å². The Hall–Kier alpha value is -1.31. The number of carboxylic acids is 1. The summed E-state index contributed by atoms with van der Waals surface area (Å²) in [6.45, 7) is 2.07. The molecule has 0 fully saturated rings. The van der Waals surface area contributed by atoms with Crippen molar-refractivity contribution in [3.8, 4) is 0 Å². The second-order valence-electron chi connectivity index (χ2n) is 2.67. The van der Waals surface area contributed by atoms with Gasteiger partial charge in [0.2, 0.25) is 0 Å². The van der Waals surface area contributed by atoms with Gasteiger partial charge in [-0.2, -0.15) is 0 Å². The lowest BCUT2D eigenvalue weighted by Crippen LogP contribution is -1.97. The molecule has 1 aromatic carbocycles. The molecule has 2 heteroatoms. The van der Waals surface area contributed by atoms with Crippen molar-refractivity contribution in [3.05, 3.63) is 35.4 Å². The van der Waals surface area contributed by atoms with Crippen LogP contribution in [-0.4, -0.2) is 11.1 Å². The Bertz CT molecular complexity index is 279. The first kappa shape index (κ1) is 8.78. The maximum Gasteiger partial charge on any atom is 0.336 e. The number of aryl methyl sites for hydroxylation is 1. The molecular weight excluding hydrogens is 152 g/mol. The molecule has 1 radical (unpaired) electrons. The van der Waals surface area contributed by atoms with Crippen LogP contribution in [0.2, 0.25) is 0 Å².